The first kappa shape index (κ1) is 21.3. The van der Waals surface area contributed by atoms with Crippen LogP contribution in [0.25, 0.3) is 20.8 Å². The fourth-order valence-electron chi connectivity index (χ4n) is 3.06. The minimum atomic E-state index is -0.573. The molecule has 4 aromatic rings. The van der Waals surface area contributed by atoms with Gasteiger partial charge in [-0.25, -0.2) is 4.98 Å². The summed E-state index contributed by atoms with van der Waals surface area (Å²) in [4.78, 5) is 27.6. The summed E-state index contributed by atoms with van der Waals surface area (Å²) >= 11 is 6.66. The zero-order chi connectivity index (χ0) is 22.8. The number of para-hydroxylation sites is 1. The Bertz CT molecular complexity index is 1350. The maximum absolute atomic E-state index is 12.5. The van der Waals surface area contributed by atoms with E-state index in [4.69, 9.17) is 12.2 Å². The summed E-state index contributed by atoms with van der Waals surface area (Å²) in [6.07, 6.45) is 0. The minimum Gasteiger partial charge on any atom is -0.507 e. The van der Waals surface area contributed by atoms with Crippen LogP contribution in [0.3, 0.4) is 0 Å². The van der Waals surface area contributed by atoms with Crippen LogP contribution in [-0.4, -0.2) is 26.0 Å². The van der Waals surface area contributed by atoms with Crippen LogP contribution in [0.15, 0.2) is 60.7 Å². The Labute approximate surface area is 191 Å². The number of rotatable bonds is 4. The van der Waals surface area contributed by atoms with E-state index in [1.165, 1.54) is 35.6 Å². The number of anilines is 1. The van der Waals surface area contributed by atoms with Crippen molar-refractivity contribution in [2.45, 2.75) is 6.92 Å². The number of nitro benzene ring substituents is 1. The van der Waals surface area contributed by atoms with Gasteiger partial charge >= 0.3 is 0 Å². The normalized spacial score (nSPS) is 10.7. The van der Waals surface area contributed by atoms with Gasteiger partial charge in [-0.05, 0) is 55.5 Å². The van der Waals surface area contributed by atoms with E-state index in [1.54, 1.807) is 19.1 Å². The third-order valence-electron chi connectivity index (χ3n) is 4.67. The van der Waals surface area contributed by atoms with E-state index >= 15 is 0 Å². The predicted molar refractivity (Wildman–Crippen MR) is 128 cm³/mol. The van der Waals surface area contributed by atoms with Crippen LogP contribution in [0.5, 0.6) is 5.75 Å². The average molecular weight is 465 g/mol. The molecule has 1 amide bonds. The number of nitrogens with one attached hydrogen (secondary N) is 2. The molecule has 1 aromatic heterocycles. The van der Waals surface area contributed by atoms with Crippen LogP contribution >= 0.6 is 23.6 Å². The number of thiazole rings is 1. The maximum Gasteiger partial charge on any atom is 0.273 e. The molecular formula is C22H16N4O4S2. The van der Waals surface area contributed by atoms with Crippen molar-refractivity contribution in [3.63, 3.8) is 0 Å². The molecular weight excluding hydrogens is 448 g/mol. The van der Waals surface area contributed by atoms with Crippen molar-refractivity contribution in [2.24, 2.45) is 0 Å². The van der Waals surface area contributed by atoms with Crippen LogP contribution in [0.1, 0.15) is 15.9 Å². The fourth-order valence-corrected chi connectivity index (χ4v) is 4.26. The second kappa shape index (κ2) is 8.69. The molecule has 0 radical (unpaired) electrons. The number of aryl methyl sites for hydroxylation is 1. The number of hydrogen-bond donors (Lipinski definition) is 3. The third-order valence-corrected chi connectivity index (χ3v) is 5.95. The number of nitro groups is 1. The molecule has 0 unspecified atom stereocenters. The van der Waals surface area contributed by atoms with Gasteiger partial charge < -0.3 is 10.4 Å². The molecule has 0 aliphatic carbocycles. The Kier molecular flexibility index (Phi) is 5.80. The molecule has 8 nitrogen and oxygen atoms in total. The fraction of sp³-hybridized carbons (Fsp3) is 0.0455. The lowest BCUT2D eigenvalue weighted by atomic mass is 10.1. The minimum absolute atomic E-state index is 0.0131. The van der Waals surface area contributed by atoms with Gasteiger partial charge in [0.2, 0.25) is 0 Å². The van der Waals surface area contributed by atoms with Gasteiger partial charge in [-0.15, -0.1) is 11.3 Å². The largest absolute Gasteiger partial charge is 0.507 e. The number of benzene rings is 3. The first-order valence-corrected chi connectivity index (χ1v) is 10.6. The van der Waals surface area contributed by atoms with Gasteiger partial charge in [-0.1, -0.05) is 18.2 Å². The van der Waals surface area contributed by atoms with Crippen LogP contribution in [-0.2, 0) is 0 Å². The van der Waals surface area contributed by atoms with E-state index in [0.29, 0.717) is 21.8 Å². The molecule has 0 bridgehead atoms. The summed E-state index contributed by atoms with van der Waals surface area (Å²) in [7, 11) is 0. The highest BCUT2D eigenvalue weighted by atomic mass is 32.1. The van der Waals surface area contributed by atoms with Crippen LogP contribution in [0.2, 0.25) is 0 Å². The van der Waals surface area contributed by atoms with Gasteiger partial charge in [0.25, 0.3) is 11.6 Å². The lowest BCUT2D eigenvalue weighted by Gasteiger charge is -2.11. The van der Waals surface area contributed by atoms with Crippen molar-refractivity contribution in [1.29, 1.82) is 0 Å². The molecule has 4 rings (SSSR count). The molecule has 32 heavy (non-hydrogen) atoms. The van der Waals surface area contributed by atoms with Crippen molar-refractivity contribution in [3.05, 3.63) is 81.9 Å². The van der Waals surface area contributed by atoms with Crippen molar-refractivity contribution in [2.75, 3.05) is 5.32 Å². The summed E-state index contributed by atoms with van der Waals surface area (Å²) < 4.78 is 0.996. The highest BCUT2D eigenvalue weighted by Gasteiger charge is 2.16. The van der Waals surface area contributed by atoms with E-state index in [9.17, 15) is 20.0 Å². The van der Waals surface area contributed by atoms with Crippen molar-refractivity contribution in [3.8, 4) is 16.3 Å². The van der Waals surface area contributed by atoms with Gasteiger partial charge in [0, 0.05) is 22.9 Å². The number of aromatic nitrogens is 1. The highest BCUT2D eigenvalue weighted by molar-refractivity contribution is 7.80. The lowest BCUT2D eigenvalue weighted by molar-refractivity contribution is -0.385. The maximum atomic E-state index is 12.5. The molecule has 3 aromatic carbocycles. The number of nitrogens with zero attached hydrogens (tertiary/aromatic N) is 2. The zero-order valence-electron chi connectivity index (χ0n) is 16.7. The summed E-state index contributed by atoms with van der Waals surface area (Å²) in [5.74, 6) is -0.507. The Morgan fingerprint density at radius 3 is 2.69 bits per heavy atom. The second-order valence-electron chi connectivity index (χ2n) is 6.89. The smallest absolute Gasteiger partial charge is 0.273 e. The number of amides is 1. The summed E-state index contributed by atoms with van der Waals surface area (Å²) in [5, 5.41) is 27.5. The molecule has 0 atom stereocenters. The van der Waals surface area contributed by atoms with Gasteiger partial charge in [0.1, 0.15) is 10.8 Å². The summed E-state index contributed by atoms with van der Waals surface area (Å²) in [6.45, 7) is 1.60. The van der Waals surface area contributed by atoms with E-state index < -0.39 is 10.8 Å². The number of carbonyl (C=O) groups is 1. The molecule has 1 heterocycles. The van der Waals surface area contributed by atoms with Gasteiger partial charge in [-0.2, -0.15) is 0 Å². The number of fused-ring (bicyclic) bond motifs is 1. The molecule has 0 saturated heterocycles. The number of aromatic hydroxyl groups is 1. The average Bonchev–Trinajstić information content (AvgIpc) is 3.19. The lowest BCUT2D eigenvalue weighted by Crippen LogP contribution is -2.34. The monoisotopic (exact) mass is 464 g/mol. The molecule has 0 fully saturated rings. The van der Waals surface area contributed by atoms with E-state index in [-0.39, 0.29) is 22.1 Å². The van der Waals surface area contributed by atoms with E-state index in [2.05, 4.69) is 15.6 Å². The van der Waals surface area contributed by atoms with Gasteiger partial charge in [0.05, 0.1) is 20.7 Å². The third kappa shape index (κ3) is 4.41. The first-order valence-electron chi connectivity index (χ1n) is 9.38. The molecule has 0 saturated carbocycles. The van der Waals surface area contributed by atoms with Crippen molar-refractivity contribution in [1.82, 2.24) is 10.3 Å². The summed E-state index contributed by atoms with van der Waals surface area (Å²) in [6, 6.07) is 16.7. The zero-order valence-corrected chi connectivity index (χ0v) is 18.3. The van der Waals surface area contributed by atoms with Crippen LogP contribution < -0.4 is 10.6 Å². The standard InChI is InChI=1S/C22H16N4O4S2/c1-12-6-7-13(10-17(12)26(29)30)20(28)25-22(31)23-14-8-9-18(27)15(11-14)21-24-16-4-2-3-5-19(16)32-21/h2-11,27H,1H3,(H2,23,25,28,31). The highest BCUT2D eigenvalue weighted by Crippen LogP contribution is 2.36. The van der Waals surface area contributed by atoms with E-state index in [0.717, 1.165) is 10.2 Å². The van der Waals surface area contributed by atoms with Crippen molar-refractivity contribution >= 4 is 56.2 Å². The second-order valence-corrected chi connectivity index (χ2v) is 8.32. The molecule has 10 heteroatoms. The predicted octanol–water partition coefficient (Wildman–Crippen LogP) is 5.01. The molecule has 160 valence electrons. The summed E-state index contributed by atoms with van der Waals surface area (Å²) in [5.41, 5.74) is 2.33. The van der Waals surface area contributed by atoms with E-state index in [1.807, 2.05) is 24.3 Å². The Balaban J connectivity index is 1.51. The van der Waals surface area contributed by atoms with Gasteiger partial charge in [0.15, 0.2) is 5.11 Å². The first-order chi connectivity index (χ1) is 15.3. The number of phenolic OH excluding ortho intramolecular Hbond substituents is 1. The van der Waals surface area contributed by atoms with Crippen LogP contribution in [0, 0.1) is 17.0 Å². The number of thiocarbonyl (C=S) groups is 1. The Morgan fingerprint density at radius 1 is 1.16 bits per heavy atom. The quantitative estimate of drug-likeness (QED) is 0.168. The Hall–Kier alpha value is -3.89. The molecule has 0 aliphatic heterocycles. The number of phenols is 1. The number of hydrogen-bond acceptors (Lipinski definition) is 7. The van der Waals surface area contributed by atoms with Gasteiger partial charge in [-0.3, -0.25) is 20.2 Å². The van der Waals surface area contributed by atoms with Crippen LogP contribution in [0.4, 0.5) is 11.4 Å². The SMILES string of the molecule is Cc1ccc(C(=O)NC(=S)Nc2ccc(O)c(-c3nc4ccccc4s3)c2)cc1[N+](=O)[O-]. The van der Waals surface area contributed by atoms with Crippen molar-refractivity contribution < 1.29 is 14.8 Å². The molecule has 0 aliphatic rings. The number of carbonyl (C=O) groups excluding carboxylic acids is 1. The Morgan fingerprint density at radius 2 is 1.94 bits per heavy atom. The molecule has 3 N–H and O–H groups in total. The topological polar surface area (TPSA) is 117 Å². The molecule has 0 spiro atoms.